The van der Waals surface area contributed by atoms with Crippen molar-refractivity contribution >= 4 is 59.1 Å². The van der Waals surface area contributed by atoms with E-state index in [2.05, 4.69) is 0 Å². The van der Waals surface area contributed by atoms with Crippen LogP contribution in [0.2, 0.25) is 0 Å². The molecule has 0 saturated heterocycles. The first-order chi connectivity index (χ1) is 6.21. The van der Waals surface area contributed by atoms with Crippen LogP contribution in [0.1, 0.15) is 6.42 Å². The molecule has 0 amide bonds. The van der Waals surface area contributed by atoms with Crippen molar-refractivity contribution in [1.82, 2.24) is 0 Å². The summed E-state index contributed by atoms with van der Waals surface area (Å²) in [6, 6.07) is 0. The van der Waals surface area contributed by atoms with Crippen LogP contribution in [-0.2, 0) is 14.4 Å². The van der Waals surface area contributed by atoms with E-state index in [9.17, 15) is 19.5 Å². The monoisotopic (exact) mass is 249 g/mol. The third kappa shape index (κ3) is 4.35. The van der Waals surface area contributed by atoms with Crippen molar-refractivity contribution in [2.75, 3.05) is 0 Å². The molecular weight excluding hydrogens is 243 g/mol. The molecule has 0 aliphatic carbocycles. The van der Waals surface area contributed by atoms with Crippen molar-refractivity contribution < 1.29 is 34.8 Å². The predicted molar refractivity (Wildman–Crippen MR) is 47.9 cm³/mol. The number of aliphatic hydroxyl groups is 1. The van der Waals surface area contributed by atoms with E-state index in [0.717, 1.165) is 0 Å². The Morgan fingerprint density at radius 2 is 1.60 bits per heavy atom. The molecule has 9 heteroatoms. The first kappa shape index (κ1) is 17.1. The van der Waals surface area contributed by atoms with E-state index in [1.165, 1.54) is 0 Å². The van der Waals surface area contributed by atoms with Crippen LogP contribution in [0.5, 0.6) is 0 Å². The molecule has 1 radical (unpaired) electrons. The van der Waals surface area contributed by atoms with Gasteiger partial charge in [-0.25, -0.2) is 4.79 Å². The number of carbonyl (C=O) groups is 3. The Balaban J connectivity index is 0. The number of alkyl halides is 1. The molecule has 15 heavy (non-hydrogen) atoms. The van der Waals surface area contributed by atoms with Crippen LogP contribution in [0.15, 0.2) is 0 Å². The van der Waals surface area contributed by atoms with E-state index in [4.69, 9.17) is 26.9 Å². The van der Waals surface area contributed by atoms with Gasteiger partial charge in [-0.3, -0.25) is 9.59 Å². The smallest absolute Gasteiger partial charge is 0.338 e. The molecule has 0 bridgehead atoms. The van der Waals surface area contributed by atoms with Gasteiger partial charge in [0.05, 0.1) is 6.42 Å². The average molecular weight is 250 g/mol. The van der Waals surface area contributed by atoms with Crippen molar-refractivity contribution in [3.8, 4) is 0 Å². The van der Waals surface area contributed by atoms with Crippen LogP contribution in [0.3, 0.4) is 0 Å². The zero-order valence-corrected chi connectivity index (χ0v) is 10.4. The number of carboxylic acids is 3. The van der Waals surface area contributed by atoms with Gasteiger partial charge < -0.3 is 20.4 Å². The zero-order valence-electron chi connectivity index (χ0n) is 7.68. The summed E-state index contributed by atoms with van der Waals surface area (Å²) in [5, 5.41) is 32.0. The average Bonchev–Trinajstić information content (AvgIpc) is 2.00. The second-order valence-electron chi connectivity index (χ2n) is 2.50. The molecule has 0 spiro atoms. The van der Waals surface area contributed by atoms with Gasteiger partial charge in [-0.15, -0.1) is 11.6 Å². The van der Waals surface area contributed by atoms with Gasteiger partial charge in [-0.05, 0) is 0 Å². The quantitative estimate of drug-likeness (QED) is 0.347. The number of rotatable bonds is 5. The molecule has 0 fully saturated rings. The number of hydrogen-bond donors (Lipinski definition) is 4. The Hall–Kier alpha value is -0.340. The minimum atomic E-state index is -3.01. The van der Waals surface area contributed by atoms with Crippen LogP contribution >= 0.6 is 11.6 Å². The van der Waals surface area contributed by atoms with E-state index in [1.54, 1.807) is 0 Å². The first-order valence-electron chi connectivity index (χ1n) is 3.26. The molecule has 81 valence electrons. The van der Waals surface area contributed by atoms with Crippen LogP contribution in [0.25, 0.3) is 0 Å². The number of aliphatic carboxylic acids is 3. The second-order valence-corrected chi connectivity index (χ2v) is 2.94. The molecular formula is C6H7ClNaO7. The fourth-order valence-corrected chi connectivity index (χ4v) is 0.879. The molecule has 0 aliphatic rings. The van der Waals surface area contributed by atoms with Gasteiger partial charge in [0, 0.05) is 29.6 Å². The molecule has 0 aromatic heterocycles. The van der Waals surface area contributed by atoms with Crippen LogP contribution in [0, 0.1) is 0 Å². The van der Waals surface area contributed by atoms with Crippen molar-refractivity contribution in [3.63, 3.8) is 0 Å². The standard InChI is InChI=1S/C6H7ClO7.Na/c7-3(4(10)11)6(14,5(12)13)1-2(8)9;/h3,14H,1H2,(H,8,9)(H,10,11)(H,12,13);. The van der Waals surface area contributed by atoms with Gasteiger partial charge in [0.25, 0.3) is 0 Å². The largest absolute Gasteiger partial charge is 0.481 e. The van der Waals surface area contributed by atoms with Crippen molar-refractivity contribution in [1.29, 1.82) is 0 Å². The van der Waals surface area contributed by atoms with Gasteiger partial charge >= 0.3 is 17.9 Å². The van der Waals surface area contributed by atoms with Crippen molar-refractivity contribution in [3.05, 3.63) is 0 Å². The van der Waals surface area contributed by atoms with Crippen LogP contribution < -0.4 is 0 Å². The molecule has 0 aliphatic heterocycles. The fourth-order valence-electron chi connectivity index (χ4n) is 0.708. The zero-order chi connectivity index (χ0) is 11.5. The maximum atomic E-state index is 10.4. The second kappa shape index (κ2) is 6.29. The molecule has 0 heterocycles. The summed E-state index contributed by atoms with van der Waals surface area (Å²) in [4.78, 5) is 30.9. The van der Waals surface area contributed by atoms with E-state index >= 15 is 0 Å². The Morgan fingerprint density at radius 1 is 1.20 bits per heavy atom. The predicted octanol–water partition coefficient (Wildman–Crippen LogP) is -1.41. The maximum Gasteiger partial charge on any atom is 0.338 e. The Morgan fingerprint density at radius 3 is 1.80 bits per heavy atom. The van der Waals surface area contributed by atoms with Crippen LogP contribution in [0.4, 0.5) is 0 Å². The van der Waals surface area contributed by atoms with Gasteiger partial charge in [0.1, 0.15) is 0 Å². The van der Waals surface area contributed by atoms with Crippen molar-refractivity contribution in [2.24, 2.45) is 0 Å². The van der Waals surface area contributed by atoms with Gasteiger partial charge in [-0.1, -0.05) is 0 Å². The third-order valence-corrected chi connectivity index (χ3v) is 1.97. The van der Waals surface area contributed by atoms with E-state index in [-0.39, 0.29) is 29.6 Å². The van der Waals surface area contributed by atoms with E-state index in [0.29, 0.717) is 0 Å². The Labute approximate surface area is 111 Å². The SMILES string of the molecule is O=C(O)CC(O)(C(=O)O)C(Cl)C(=O)O.[Na]. The summed E-state index contributed by atoms with van der Waals surface area (Å²) in [6.45, 7) is 0. The van der Waals surface area contributed by atoms with E-state index in [1.807, 2.05) is 0 Å². The summed E-state index contributed by atoms with van der Waals surface area (Å²) in [5.74, 6) is -5.47. The molecule has 0 saturated carbocycles. The maximum absolute atomic E-state index is 10.4. The fraction of sp³-hybridized carbons (Fsp3) is 0.500. The summed E-state index contributed by atoms with van der Waals surface area (Å²) < 4.78 is 0. The molecule has 2 atom stereocenters. The van der Waals surface area contributed by atoms with Gasteiger partial charge in [-0.2, -0.15) is 0 Å². The Kier molecular flexibility index (Phi) is 7.15. The Bertz CT molecular complexity index is 281. The summed E-state index contributed by atoms with van der Waals surface area (Å²) in [6.07, 6.45) is -1.29. The normalized spacial score (nSPS) is 15.6. The van der Waals surface area contributed by atoms with Crippen molar-refractivity contribution in [2.45, 2.75) is 17.4 Å². The summed E-state index contributed by atoms with van der Waals surface area (Å²) in [7, 11) is 0. The third-order valence-electron chi connectivity index (χ3n) is 1.43. The molecule has 0 aromatic rings. The molecule has 0 rings (SSSR count). The summed E-state index contributed by atoms with van der Waals surface area (Å²) in [5.41, 5.74) is -3.01. The number of carboxylic acid groups (broad SMARTS) is 3. The minimum absolute atomic E-state index is 0. The summed E-state index contributed by atoms with van der Waals surface area (Å²) >= 11 is 5.07. The van der Waals surface area contributed by atoms with Gasteiger partial charge in [0.15, 0.2) is 11.0 Å². The first-order valence-corrected chi connectivity index (χ1v) is 3.70. The molecule has 7 nitrogen and oxygen atoms in total. The van der Waals surface area contributed by atoms with Gasteiger partial charge in [0.2, 0.25) is 0 Å². The van der Waals surface area contributed by atoms with E-state index < -0.39 is 35.3 Å². The number of halogens is 1. The molecule has 4 N–H and O–H groups in total. The molecule has 0 aromatic carbocycles. The topological polar surface area (TPSA) is 132 Å². The minimum Gasteiger partial charge on any atom is -0.481 e. The molecule has 2 unspecified atom stereocenters. The van der Waals surface area contributed by atoms with Crippen LogP contribution in [-0.4, -0.2) is 78.9 Å². The number of hydrogen-bond acceptors (Lipinski definition) is 4.